The number of furan rings is 1. The monoisotopic (exact) mass is 352 g/mol. The lowest BCUT2D eigenvalue weighted by atomic mass is 9.90. The molecule has 3 rings (SSSR count). The molecule has 0 atom stereocenters. The van der Waals surface area contributed by atoms with Gasteiger partial charge in [0, 0.05) is 13.1 Å². The second kappa shape index (κ2) is 8.31. The molecule has 2 heterocycles. The standard InChI is InChI=1S/C18H21FN2O2.ClH/c19-16-3-1-2-14(9-16)8-13-4-6-21(7-5-13)18(22)15-10-17(11-20)23-12-15;/h1-3,9-10,12-13H,4-8,11,20H2;1H. The lowest BCUT2D eigenvalue weighted by molar-refractivity contribution is 0.0690. The molecule has 1 saturated heterocycles. The summed E-state index contributed by atoms with van der Waals surface area (Å²) in [6, 6.07) is 8.47. The number of likely N-dealkylation sites (tertiary alicyclic amines) is 1. The van der Waals surface area contributed by atoms with Crippen LogP contribution in [0.25, 0.3) is 0 Å². The van der Waals surface area contributed by atoms with Crippen molar-refractivity contribution in [1.82, 2.24) is 4.90 Å². The first-order valence-electron chi connectivity index (χ1n) is 7.97. The van der Waals surface area contributed by atoms with Crippen molar-refractivity contribution in [2.24, 2.45) is 11.7 Å². The molecular formula is C18H22ClFN2O2. The molecule has 1 aliphatic heterocycles. The molecule has 1 aromatic heterocycles. The fraction of sp³-hybridized carbons (Fsp3) is 0.389. The summed E-state index contributed by atoms with van der Waals surface area (Å²) < 4.78 is 18.5. The van der Waals surface area contributed by atoms with E-state index in [1.165, 1.54) is 12.3 Å². The Bertz CT molecular complexity index is 681. The molecule has 0 spiro atoms. The quantitative estimate of drug-likeness (QED) is 0.917. The molecule has 2 aromatic rings. The molecule has 0 unspecified atom stereocenters. The molecule has 24 heavy (non-hydrogen) atoms. The lowest BCUT2D eigenvalue weighted by Crippen LogP contribution is -2.38. The molecule has 1 fully saturated rings. The van der Waals surface area contributed by atoms with E-state index in [9.17, 15) is 9.18 Å². The van der Waals surface area contributed by atoms with Crippen molar-refractivity contribution in [2.75, 3.05) is 13.1 Å². The van der Waals surface area contributed by atoms with Gasteiger partial charge in [0.15, 0.2) is 0 Å². The van der Waals surface area contributed by atoms with Crippen LogP contribution in [0, 0.1) is 11.7 Å². The van der Waals surface area contributed by atoms with Crippen LogP contribution in [0.5, 0.6) is 0 Å². The fourth-order valence-corrected chi connectivity index (χ4v) is 3.12. The first kappa shape index (κ1) is 18.5. The molecule has 0 aliphatic carbocycles. The summed E-state index contributed by atoms with van der Waals surface area (Å²) in [6.45, 7) is 1.74. The van der Waals surface area contributed by atoms with E-state index in [4.69, 9.17) is 10.2 Å². The van der Waals surface area contributed by atoms with Crippen LogP contribution in [0.1, 0.15) is 34.5 Å². The van der Waals surface area contributed by atoms with Gasteiger partial charge in [-0.3, -0.25) is 4.79 Å². The number of benzene rings is 1. The lowest BCUT2D eigenvalue weighted by Gasteiger charge is -2.31. The van der Waals surface area contributed by atoms with E-state index in [1.54, 1.807) is 18.2 Å². The third-order valence-electron chi connectivity index (χ3n) is 4.42. The predicted molar refractivity (Wildman–Crippen MR) is 92.6 cm³/mol. The molecule has 0 radical (unpaired) electrons. The molecule has 130 valence electrons. The number of carbonyl (C=O) groups excluding carboxylic acids is 1. The van der Waals surface area contributed by atoms with Gasteiger partial charge in [0.25, 0.3) is 5.91 Å². The van der Waals surface area contributed by atoms with Crippen LogP contribution < -0.4 is 5.73 Å². The molecule has 1 amide bonds. The molecule has 0 saturated carbocycles. The van der Waals surface area contributed by atoms with Gasteiger partial charge in [-0.2, -0.15) is 0 Å². The average Bonchev–Trinajstić information content (AvgIpc) is 3.04. The largest absolute Gasteiger partial charge is 0.467 e. The summed E-state index contributed by atoms with van der Waals surface area (Å²) in [7, 11) is 0. The van der Waals surface area contributed by atoms with Crippen molar-refractivity contribution < 1.29 is 13.6 Å². The van der Waals surface area contributed by atoms with E-state index in [-0.39, 0.29) is 24.1 Å². The van der Waals surface area contributed by atoms with Crippen LogP contribution in [-0.4, -0.2) is 23.9 Å². The number of hydrogen-bond donors (Lipinski definition) is 1. The minimum Gasteiger partial charge on any atom is -0.467 e. The number of rotatable bonds is 4. The van der Waals surface area contributed by atoms with Crippen molar-refractivity contribution in [2.45, 2.75) is 25.8 Å². The van der Waals surface area contributed by atoms with Crippen molar-refractivity contribution in [1.29, 1.82) is 0 Å². The Morgan fingerprint density at radius 1 is 1.29 bits per heavy atom. The van der Waals surface area contributed by atoms with Crippen LogP contribution in [0.2, 0.25) is 0 Å². The first-order valence-corrected chi connectivity index (χ1v) is 7.97. The summed E-state index contributed by atoms with van der Waals surface area (Å²) in [6.07, 6.45) is 4.21. The highest BCUT2D eigenvalue weighted by molar-refractivity contribution is 5.94. The Hall–Kier alpha value is -1.85. The number of nitrogens with two attached hydrogens (primary N) is 1. The maximum Gasteiger partial charge on any atom is 0.257 e. The van der Waals surface area contributed by atoms with Gasteiger partial charge in [-0.05, 0) is 48.9 Å². The molecule has 4 nitrogen and oxygen atoms in total. The molecular weight excluding hydrogens is 331 g/mol. The summed E-state index contributed by atoms with van der Waals surface area (Å²) in [4.78, 5) is 14.3. The average molecular weight is 353 g/mol. The highest BCUT2D eigenvalue weighted by atomic mass is 35.5. The van der Waals surface area contributed by atoms with Crippen molar-refractivity contribution in [3.05, 3.63) is 59.3 Å². The zero-order valence-corrected chi connectivity index (χ0v) is 14.2. The fourth-order valence-electron chi connectivity index (χ4n) is 3.12. The number of carbonyl (C=O) groups is 1. The van der Waals surface area contributed by atoms with E-state index < -0.39 is 0 Å². The first-order chi connectivity index (χ1) is 11.2. The Balaban J connectivity index is 0.00000208. The molecule has 6 heteroatoms. The minimum absolute atomic E-state index is 0. The Labute approximate surface area is 147 Å². The van der Waals surface area contributed by atoms with Crippen molar-refractivity contribution >= 4 is 18.3 Å². The number of amides is 1. The minimum atomic E-state index is -0.189. The van der Waals surface area contributed by atoms with E-state index >= 15 is 0 Å². The SMILES string of the molecule is Cl.NCc1cc(C(=O)N2CCC(Cc3cccc(F)c3)CC2)co1. The van der Waals surface area contributed by atoms with Gasteiger partial charge in [-0.1, -0.05) is 12.1 Å². The highest BCUT2D eigenvalue weighted by Gasteiger charge is 2.24. The molecule has 1 aliphatic rings. The zero-order valence-electron chi connectivity index (χ0n) is 13.4. The molecule has 2 N–H and O–H groups in total. The van der Waals surface area contributed by atoms with Gasteiger partial charge in [-0.15, -0.1) is 12.4 Å². The summed E-state index contributed by atoms with van der Waals surface area (Å²) in [5.74, 6) is 0.919. The third-order valence-corrected chi connectivity index (χ3v) is 4.42. The Morgan fingerprint density at radius 2 is 2.04 bits per heavy atom. The van der Waals surface area contributed by atoms with Crippen LogP contribution in [-0.2, 0) is 13.0 Å². The van der Waals surface area contributed by atoms with Gasteiger partial charge in [0.1, 0.15) is 17.8 Å². The maximum absolute atomic E-state index is 13.2. The Kier molecular flexibility index (Phi) is 6.40. The highest BCUT2D eigenvalue weighted by Crippen LogP contribution is 2.23. The van der Waals surface area contributed by atoms with Crippen LogP contribution in [0.3, 0.4) is 0 Å². The number of halogens is 2. The normalized spacial score (nSPS) is 15.2. The predicted octanol–water partition coefficient (Wildman–Crippen LogP) is 3.39. The van der Waals surface area contributed by atoms with Gasteiger partial charge >= 0.3 is 0 Å². The van der Waals surface area contributed by atoms with E-state index in [1.807, 2.05) is 11.0 Å². The molecule has 0 bridgehead atoms. The van der Waals surface area contributed by atoms with E-state index in [0.717, 1.165) is 37.9 Å². The van der Waals surface area contributed by atoms with Crippen LogP contribution >= 0.6 is 12.4 Å². The topological polar surface area (TPSA) is 59.5 Å². The summed E-state index contributed by atoms with van der Waals surface area (Å²) in [5.41, 5.74) is 7.09. The van der Waals surface area contributed by atoms with Crippen molar-refractivity contribution in [3.8, 4) is 0 Å². The van der Waals surface area contributed by atoms with Crippen LogP contribution in [0.4, 0.5) is 4.39 Å². The summed E-state index contributed by atoms with van der Waals surface area (Å²) in [5, 5.41) is 0. The number of piperidine rings is 1. The Morgan fingerprint density at radius 3 is 2.67 bits per heavy atom. The second-order valence-electron chi connectivity index (χ2n) is 6.08. The molecule has 1 aromatic carbocycles. The van der Waals surface area contributed by atoms with Gasteiger partial charge < -0.3 is 15.1 Å². The van der Waals surface area contributed by atoms with Crippen molar-refractivity contribution in [3.63, 3.8) is 0 Å². The number of hydrogen-bond acceptors (Lipinski definition) is 3. The zero-order chi connectivity index (χ0) is 16.2. The van der Waals surface area contributed by atoms with Gasteiger partial charge in [0.2, 0.25) is 0 Å². The summed E-state index contributed by atoms with van der Waals surface area (Å²) >= 11 is 0. The van der Waals surface area contributed by atoms with Gasteiger partial charge in [-0.25, -0.2) is 4.39 Å². The van der Waals surface area contributed by atoms with Gasteiger partial charge in [0.05, 0.1) is 12.1 Å². The smallest absolute Gasteiger partial charge is 0.257 e. The van der Waals surface area contributed by atoms with Crippen LogP contribution in [0.15, 0.2) is 41.0 Å². The van der Waals surface area contributed by atoms with E-state index in [2.05, 4.69) is 0 Å². The maximum atomic E-state index is 13.2. The number of nitrogens with zero attached hydrogens (tertiary/aromatic N) is 1. The third kappa shape index (κ3) is 4.36. The second-order valence-corrected chi connectivity index (χ2v) is 6.08. The van der Waals surface area contributed by atoms with E-state index in [0.29, 0.717) is 23.8 Å².